The molecule has 0 saturated carbocycles. The molecule has 0 aromatic carbocycles. The molecule has 0 aliphatic heterocycles. The maximum Gasteiger partial charge on any atom is 0.0600 e. The van der Waals surface area contributed by atoms with Crippen molar-refractivity contribution in [3.05, 3.63) is 28.6 Å². The number of pyridine rings is 1. The minimum atomic E-state index is 0.0318. The summed E-state index contributed by atoms with van der Waals surface area (Å²) in [5.74, 6) is 0. The van der Waals surface area contributed by atoms with Crippen LogP contribution in [0.5, 0.6) is 0 Å². The van der Waals surface area contributed by atoms with E-state index >= 15 is 0 Å². The topological polar surface area (TPSA) is 38.9 Å². The molecular formula is C10H16N2. The fourth-order valence-corrected chi connectivity index (χ4v) is 1.32. The molecule has 0 bridgehead atoms. The summed E-state index contributed by atoms with van der Waals surface area (Å²) in [6.07, 6.45) is 0. The number of nitrogens with zero attached hydrogens (tertiary/aromatic N) is 1. The highest BCUT2D eigenvalue weighted by atomic mass is 14.8. The minimum absolute atomic E-state index is 0.0318. The monoisotopic (exact) mass is 164 g/mol. The summed E-state index contributed by atoms with van der Waals surface area (Å²) in [6, 6.07) is 2.17. The first kappa shape index (κ1) is 9.20. The Bertz CT molecular complexity index is 290. The minimum Gasteiger partial charge on any atom is -0.323 e. The van der Waals surface area contributed by atoms with Gasteiger partial charge in [-0.3, -0.25) is 4.98 Å². The lowest BCUT2D eigenvalue weighted by Crippen LogP contribution is -2.10. The van der Waals surface area contributed by atoms with Gasteiger partial charge in [-0.2, -0.15) is 0 Å². The normalized spacial score (nSPS) is 13.1. The van der Waals surface area contributed by atoms with Crippen molar-refractivity contribution in [3.8, 4) is 0 Å². The van der Waals surface area contributed by atoms with E-state index in [1.807, 2.05) is 13.8 Å². The number of aromatic nitrogens is 1. The van der Waals surface area contributed by atoms with E-state index in [4.69, 9.17) is 5.73 Å². The Hall–Kier alpha value is -0.890. The third kappa shape index (κ3) is 1.64. The van der Waals surface area contributed by atoms with Gasteiger partial charge >= 0.3 is 0 Å². The number of aryl methyl sites for hydroxylation is 3. The lowest BCUT2D eigenvalue weighted by atomic mass is 10.1. The van der Waals surface area contributed by atoms with Crippen LogP contribution >= 0.6 is 0 Å². The fourth-order valence-electron chi connectivity index (χ4n) is 1.32. The maximum atomic E-state index is 5.77. The quantitative estimate of drug-likeness (QED) is 0.689. The average molecular weight is 164 g/mol. The molecule has 1 aromatic rings. The molecule has 1 unspecified atom stereocenters. The number of nitrogens with two attached hydrogens (primary N) is 1. The predicted octanol–water partition coefficient (Wildman–Crippen LogP) is 2.03. The molecule has 0 aliphatic rings. The number of rotatable bonds is 1. The lowest BCUT2D eigenvalue weighted by Gasteiger charge is -2.11. The third-order valence-corrected chi connectivity index (χ3v) is 2.13. The molecule has 0 aliphatic carbocycles. The van der Waals surface area contributed by atoms with Crippen LogP contribution in [0.15, 0.2) is 6.07 Å². The average Bonchev–Trinajstić information content (AvgIpc) is 1.96. The first-order valence-corrected chi connectivity index (χ1v) is 4.22. The van der Waals surface area contributed by atoms with Crippen LogP contribution in [0.4, 0.5) is 0 Å². The van der Waals surface area contributed by atoms with E-state index in [1.165, 1.54) is 11.1 Å². The second-order valence-corrected chi connectivity index (χ2v) is 3.38. The molecule has 0 amide bonds. The van der Waals surface area contributed by atoms with Crippen LogP contribution in [0.25, 0.3) is 0 Å². The van der Waals surface area contributed by atoms with E-state index in [0.29, 0.717) is 0 Å². The molecular weight excluding hydrogens is 148 g/mol. The summed E-state index contributed by atoms with van der Waals surface area (Å²) in [6.45, 7) is 8.10. The number of hydrogen-bond donors (Lipinski definition) is 1. The zero-order chi connectivity index (χ0) is 9.30. The van der Waals surface area contributed by atoms with Gasteiger partial charge in [0.1, 0.15) is 0 Å². The van der Waals surface area contributed by atoms with E-state index in [-0.39, 0.29) is 6.04 Å². The molecule has 1 heterocycles. The molecule has 2 N–H and O–H groups in total. The van der Waals surface area contributed by atoms with Gasteiger partial charge in [0.15, 0.2) is 0 Å². The van der Waals surface area contributed by atoms with E-state index < -0.39 is 0 Å². The van der Waals surface area contributed by atoms with Crippen molar-refractivity contribution in [2.75, 3.05) is 0 Å². The molecule has 0 radical (unpaired) electrons. The molecule has 1 rings (SSSR count). The number of hydrogen-bond acceptors (Lipinski definition) is 2. The van der Waals surface area contributed by atoms with Gasteiger partial charge < -0.3 is 5.73 Å². The molecule has 0 fully saturated rings. The van der Waals surface area contributed by atoms with Crippen LogP contribution < -0.4 is 5.73 Å². The first-order chi connectivity index (χ1) is 5.52. The Morgan fingerprint density at radius 2 is 1.83 bits per heavy atom. The Morgan fingerprint density at radius 1 is 1.25 bits per heavy atom. The van der Waals surface area contributed by atoms with Crippen molar-refractivity contribution in [1.29, 1.82) is 0 Å². The van der Waals surface area contributed by atoms with Gasteiger partial charge in [0, 0.05) is 11.7 Å². The van der Waals surface area contributed by atoms with Crippen molar-refractivity contribution < 1.29 is 0 Å². The van der Waals surface area contributed by atoms with Gasteiger partial charge in [0.25, 0.3) is 0 Å². The van der Waals surface area contributed by atoms with Gasteiger partial charge in [-0.15, -0.1) is 0 Å². The standard InChI is InChI=1S/C10H16N2/c1-6-5-7(2)10(8(3)11)12-9(6)4/h5,8H,11H2,1-4H3. The third-order valence-electron chi connectivity index (χ3n) is 2.13. The molecule has 0 spiro atoms. The van der Waals surface area contributed by atoms with Gasteiger partial charge in [-0.1, -0.05) is 6.07 Å². The van der Waals surface area contributed by atoms with Crippen LogP contribution in [0, 0.1) is 20.8 Å². The summed E-state index contributed by atoms with van der Waals surface area (Å²) < 4.78 is 0. The largest absolute Gasteiger partial charge is 0.323 e. The summed E-state index contributed by atoms with van der Waals surface area (Å²) in [7, 11) is 0. The fraction of sp³-hybridized carbons (Fsp3) is 0.500. The second-order valence-electron chi connectivity index (χ2n) is 3.38. The van der Waals surface area contributed by atoms with E-state index in [0.717, 1.165) is 11.4 Å². The van der Waals surface area contributed by atoms with Crippen molar-refractivity contribution in [2.45, 2.75) is 33.7 Å². The van der Waals surface area contributed by atoms with Gasteiger partial charge in [0.2, 0.25) is 0 Å². The van der Waals surface area contributed by atoms with Crippen LogP contribution in [0.1, 0.15) is 35.5 Å². The van der Waals surface area contributed by atoms with Gasteiger partial charge in [-0.25, -0.2) is 0 Å². The Balaban J connectivity index is 3.23. The first-order valence-electron chi connectivity index (χ1n) is 4.22. The summed E-state index contributed by atoms with van der Waals surface area (Å²) >= 11 is 0. The second kappa shape index (κ2) is 3.23. The van der Waals surface area contributed by atoms with Crippen molar-refractivity contribution in [3.63, 3.8) is 0 Å². The molecule has 1 atom stereocenters. The van der Waals surface area contributed by atoms with Crippen molar-refractivity contribution >= 4 is 0 Å². The van der Waals surface area contributed by atoms with Crippen LogP contribution in [0.3, 0.4) is 0 Å². The van der Waals surface area contributed by atoms with Crippen molar-refractivity contribution in [1.82, 2.24) is 4.98 Å². The Kier molecular flexibility index (Phi) is 2.48. The molecule has 2 heteroatoms. The zero-order valence-electron chi connectivity index (χ0n) is 8.18. The highest BCUT2D eigenvalue weighted by Gasteiger charge is 2.06. The van der Waals surface area contributed by atoms with Crippen LogP contribution in [-0.4, -0.2) is 4.98 Å². The molecule has 66 valence electrons. The molecule has 1 aromatic heterocycles. The molecule has 12 heavy (non-hydrogen) atoms. The predicted molar refractivity (Wildman–Crippen MR) is 51.1 cm³/mol. The van der Waals surface area contributed by atoms with Gasteiger partial charge in [-0.05, 0) is 38.8 Å². The van der Waals surface area contributed by atoms with Gasteiger partial charge in [0.05, 0.1) is 5.69 Å². The summed E-state index contributed by atoms with van der Waals surface area (Å²) in [5, 5.41) is 0. The summed E-state index contributed by atoms with van der Waals surface area (Å²) in [4.78, 5) is 4.45. The molecule has 0 saturated heterocycles. The Labute approximate surface area is 73.8 Å². The van der Waals surface area contributed by atoms with Crippen molar-refractivity contribution in [2.24, 2.45) is 5.73 Å². The van der Waals surface area contributed by atoms with E-state index in [9.17, 15) is 0 Å². The smallest absolute Gasteiger partial charge is 0.0600 e. The van der Waals surface area contributed by atoms with E-state index in [1.54, 1.807) is 0 Å². The highest BCUT2D eigenvalue weighted by molar-refractivity contribution is 5.29. The highest BCUT2D eigenvalue weighted by Crippen LogP contribution is 2.15. The SMILES string of the molecule is Cc1cc(C)c(C(C)N)nc1C. The van der Waals surface area contributed by atoms with Crippen LogP contribution in [-0.2, 0) is 0 Å². The maximum absolute atomic E-state index is 5.77. The van der Waals surface area contributed by atoms with E-state index in [2.05, 4.69) is 24.9 Å². The van der Waals surface area contributed by atoms with Crippen LogP contribution in [0.2, 0.25) is 0 Å². The molecule has 2 nitrogen and oxygen atoms in total. The summed E-state index contributed by atoms with van der Waals surface area (Å²) in [5.41, 5.74) is 10.3. The Morgan fingerprint density at radius 3 is 2.33 bits per heavy atom. The lowest BCUT2D eigenvalue weighted by molar-refractivity contribution is 0.764. The zero-order valence-corrected chi connectivity index (χ0v) is 8.18.